The number of anilines is 1. The maximum Gasteiger partial charge on any atom is 0.420 e. The molecule has 1 rings (SSSR count). The van der Waals surface area contributed by atoms with Gasteiger partial charge in [-0.15, -0.1) is 0 Å². The van der Waals surface area contributed by atoms with Crippen molar-refractivity contribution in [2.45, 2.75) is 52.3 Å². The molecule has 0 spiro atoms. The van der Waals surface area contributed by atoms with Crippen LogP contribution in [-0.2, 0) is 15.7 Å². The van der Waals surface area contributed by atoms with E-state index in [2.05, 4.69) is 5.32 Å². The van der Waals surface area contributed by atoms with Gasteiger partial charge < -0.3 is 14.8 Å². The monoisotopic (exact) mass is 347 g/mol. The molecule has 0 aliphatic carbocycles. The van der Waals surface area contributed by atoms with Gasteiger partial charge in [0.1, 0.15) is 11.4 Å². The summed E-state index contributed by atoms with van der Waals surface area (Å²) in [7, 11) is 0. The van der Waals surface area contributed by atoms with E-state index in [1.807, 2.05) is 6.92 Å². The number of halogens is 3. The topological polar surface area (TPSA) is 47.6 Å². The maximum absolute atomic E-state index is 13.1. The first-order chi connectivity index (χ1) is 11.2. The summed E-state index contributed by atoms with van der Waals surface area (Å²) in [6, 6.07) is 3.46. The second-order valence-corrected chi connectivity index (χ2v) is 5.53. The summed E-state index contributed by atoms with van der Waals surface area (Å²) in [5.74, 6) is -0.737. The van der Waals surface area contributed by atoms with Crippen molar-refractivity contribution in [3.8, 4) is 5.75 Å². The standard InChI is InChI=1S/C17H24F3NO3/c1-5-10-24-16(4,6-2)15(22)21-12-8-9-14(23-7-3)13(11-12)17(18,19)20/h8-9,11H,5-7,10H2,1-4H3,(H,21,22)/t16-/m1/s1. The van der Waals surface area contributed by atoms with Gasteiger partial charge >= 0.3 is 6.18 Å². The van der Waals surface area contributed by atoms with Gasteiger partial charge in [0.25, 0.3) is 5.91 Å². The molecule has 0 aliphatic heterocycles. The van der Waals surface area contributed by atoms with Crippen molar-refractivity contribution < 1.29 is 27.4 Å². The fourth-order valence-electron chi connectivity index (χ4n) is 2.03. The molecule has 1 amide bonds. The van der Waals surface area contributed by atoms with E-state index in [-0.39, 0.29) is 18.0 Å². The van der Waals surface area contributed by atoms with Crippen molar-refractivity contribution in [1.29, 1.82) is 0 Å². The molecule has 0 radical (unpaired) electrons. The minimum atomic E-state index is -4.57. The Morgan fingerprint density at radius 1 is 1.21 bits per heavy atom. The van der Waals surface area contributed by atoms with Crippen molar-refractivity contribution in [3.05, 3.63) is 23.8 Å². The molecule has 1 aromatic rings. The highest BCUT2D eigenvalue weighted by molar-refractivity contribution is 5.97. The van der Waals surface area contributed by atoms with E-state index in [1.54, 1.807) is 20.8 Å². The Balaban J connectivity index is 3.04. The number of ether oxygens (including phenoxy) is 2. The molecule has 4 nitrogen and oxygen atoms in total. The number of benzene rings is 1. The predicted molar refractivity (Wildman–Crippen MR) is 86.2 cm³/mol. The smallest absolute Gasteiger partial charge is 0.420 e. The second kappa shape index (κ2) is 8.37. The van der Waals surface area contributed by atoms with Crippen LogP contribution in [0.25, 0.3) is 0 Å². The number of hydrogen-bond donors (Lipinski definition) is 1. The molecule has 0 saturated carbocycles. The number of alkyl halides is 3. The largest absolute Gasteiger partial charge is 0.493 e. The summed E-state index contributed by atoms with van der Waals surface area (Å²) >= 11 is 0. The number of hydrogen-bond acceptors (Lipinski definition) is 3. The molecule has 0 aromatic heterocycles. The van der Waals surface area contributed by atoms with E-state index in [4.69, 9.17) is 9.47 Å². The van der Waals surface area contributed by atoms with Crippen molar-refractivity contribution in [2.24, 2.45) is 0 Å². The predicted octanol–water partition coefficient (Wildman–Crippen LogP) is 4.64. The van der Waals surface area contributed by atoms with Gasteiger partial charge in [-0.3, -0.25) is 4.79 Å². The first kappa shape index (κ1) is 20.3. The van der Waals surface area contributed by atoms with Gasteiger partial charge in [0.2, 0.25) is 0 Å². The van der Waals surface area contributed by atoms with Gasteiger partial charge in [-0.2, -0.15) is 13.2 Å². The average Bonchev–Trinajstić information content (AvgIpc) is 2.53. The summed E-state index contributed by atoms with van der Waals surface area (Å²) < 4.78 is 50.0. The SMILES string of the molecule is CCCO[C@](C)(CC)C(=O)Nc1ccc(OCC)c(C(F)(F)F)c1. The van der Waals surface area contributed by atoms with Gasteiger partial charge in [0, 0.05) is 12.3 Å². The minimum absolute atomic E-state index is 0.0514. The lowest BCUT2D eigenvalue weighted by molar-refractivity contribution is -0.140. The van der Waals surface area contributed by atoms with E-state index >= 15 is 0 Å². The quantitative estimate of drug-likeness (QED) is 0.745. The molecule has 1 N–H and O–H groups in total. The summed E-state index contributed by atoms with van der Waals surface area (Å²) in [6.07, 6.45) is -3.43. The Morgan fingerprint density at radius 2 is 1.88 bits per heavy atom. The van der Waals surface area contributed by atoms with Crippen molar-refractivity contribution in [2.75, 3.05) is 18.5 Å². The Labute approximate surface area is 140 Å². The number of carbonyl (C=O) groups excluding carboxylic acids is 1. The summed E-state index contributed by atoms with van der Waals surface area (Å²) in [5.41, 5.74) is -1.96. The lowest BCUT2D eigenvalue weighted by atomic mass is 10.0. The van der Waals surface area contributed by atoms with Crippen LogP contribution in [0.4, 0.5) is 18.9 Å². The number of carbonyl (C=O) groups is 1. The van der Waals surface area contributed by atoms with E-state index in [0.29, 0.717) is 13.0 Å². The van der Waals surface area contributed by atoms with E-state index in [0.717, 1.165) is 12.5 Å². The van der Waals surface area contributed by atoms with Crippen molar-refractivity contribution in [1.82, 2.24) is 0 Å². The molecule has 0 fully saturated rings. The zero-order valence-corrected chi connectivity index (χ0v) is 14.4. The molecule has 0 bridgehead atoms. The van der Waals surface area contributed by atoms with Crippen molar-refractivity contribution in [3.63, 3.8) is 0 Å². The van der Waals surface area contributed by atoms with Gasteiger partial charge in [-0.1, -0.05) is 13.8 Å². The van der Waals surface area contributed by atoms with Crippen molar-refractivity contribution >= 4 is 11.6 Å². The molecule has 0 unspecified atom stereocenters. The van der Waals surface area contributed by atoms with E-state index in [1.165, 1.54) is 12.1 Å². The molecule has 1 aromatic carbocycles. The molecule has 7 heteroatoms. The third-order valence-electron chi connectivity index (χ3n) is 3.62. The highest BCUT2D eigenvalue weighted by atomic mass is 19.4. The lowest BCUT2D eigenvalue weighted by Gasteiger charge is -2.27. The molecule has 1 atom stereocenters. The average molecular weight is 347 g/mol. The Hall–Kier alpha value is -1.76. The first-order valence-electron chi connectivity index (χ1n) is 7.97. The number of amides is 1. The fourth-order valence-corrected chi connectivity index (χ4v) is 2.03. The van der Waals surface area contributed by atoms with Gasteiger partial charge in [0.15, 0.2) is 0 Å². The normalized spacial score (nSPS) is 14.1. The second-order valence-electron chi connectivity index (χ2n) is 5.53. The third kappa shape index (κ3) is 5.12. The first-order valence-corrected chi connectivity index (χ1v) is 7.97. The molecule has 24 heavy (non-hydrogen) atoms. The summed E-state index contributed by atoms with van der Waals surface area (Å²) in [6.45, 7) is 7.44. The Morgan fingerprint density at radius 3 is 2.38 bits per heavy atom. The highest BCUT2D eigenvalue weighted by Gasteiger charge is 2.36. The lowest BCUT2D eigenvalue weighted by Crippen LogP contribution is -2.42. The van der Waals surface area contributed by atoms with Crippen LogP contribution >= 0.6 is 0 Å². The molecule has 0 heterocycles. The fraction of sp³-hybridized carbons (Fsp3) is 0.588. The summed E-state index contributed by atoms with van der Waals surface area (Å²) in [4.78, 5) is 12.4. The van der Waals surface area contributed by atoms with Gasteiger partial charge in [-0.05, 0) is 44.9 Å². The zero-order valence-electron chi connectivity index (χ0n) is 14.4. The summed E-state index contributed by atoms with van der Waals surface area (Å²) in [5, 5.41) is 2.50. The molecule has 0 aliphatic rings. The third-order valence-corrected chi connectivity index (χ3v) is 3.62. The van der Waals surface area contributed by atoms with Gasteiger partial charge in [-0.25, -0.2) is 0 Å². The number of rotatable bonds is 8. The molecule has 0 saturated heterocycles. The van der Waals surface area contributed by atoms with Crippen LogP contribution in [0.15, 0.2) is 18.2 Å². The Bertz CT molecular complexity index is 561. The van der Waals surface area contributed by atoms with E-state index in [9.17, 15) is 18.0 Å². The zero-order chi connectivity index (χ0) is 18.4. The molecule has 136 valence electrons. The maximum atomic E-state index is 13.1. The van der Waals surface area contributed by atoms with Crippen LogP contribution in [0.2, 0.25) is 0 Å². The van der Waals surface area contributed by atoms with Crippen LogP contribution in [-0.4, -0.2) is 24.7 Å². The van der Waals surface area contributed by atoms with Gasteiger partial charge in [0.05, 0.1) is 12.2 Å². The van der Waals surface area contributed by atoms with Crippen LogP contribution in [0.1, 0.15) is 46.1 Å². The number of nitrogens with one attached hydrogen (secondary N) is 1. The van der Waals surface area contributed by atoms with Crippen LogP contribution < -0.4 is 10.1 Å². The van der Waals surface area contributed by atoms with Crippen LogP contribution in [0, 0.1) is 0 Å². The Kier molecular flexibility index (Phi) is 7.08. The van der Waals surface area contributed by atoms with Crippen LogP contribution in [0.5, 0.6) is 5.75 Å². The molecular weight excluding hydrogens is 323 g/mol. The molecular formula is C17H24F3NO3. The van der Waals surface area contributed by atoms with E-state index < -0.39 is 23.2 Å². The minimum Gasteiger partial charge on any atom is -0.493 e. The highest BCUT2D eigenvalue weighted by Crippen LogP contribution is 2.38. The van der Waals surface area contributed by atoms with Crippen LogP contribution in [0.3, 0.4) is 0 Å².